The molecule has 1 aliphatic heterocycles. The molecule has 0 spiro atoms. The van der Waals surface area contributed by atoms with E-state index in [4.69, 9.17) is 0 Å². The van der Waals surface area contributed by atoms with Crippen LogP contribution in [0.25, 0.3) is 0 Å². The third-order valence-electron chi connectivity index (χ3n) is 4.11. The molecule has 1 saturated heterocycles. The highest BCUT2D eigenvalue weighted by molar-refractivity contribution is 5.77. The Labute approximate surface area is 105 Å². The zero-order valence-corrected chi connectivity index (χ0v) is 11.2. The SMILES string of the molecule is CCC(C)CC(=O)N(CC1CCCN1)C1CC1. The number of hydrogen-bond donors (Lipinski definition) is 1. The minimum atomic E-state index is 0.385. The van der Waals surface area contributed by atoms with Crippen molar-refractivity contribution >= 4 is 5.91 Å². The number of carbonyl (C=O) groups is 1. The standard InChI is InChI=1S/C14H26N2O/c1-3-11(2)9-14(17)16(13-6-7-13)10-12-5-4-8-15-12/h11-13,15H,3-10H2,1-2H3. The van der Waals surface area contributed by atoms with Gasteiger partial charge in [0.15, 0.2) is 0 Å². The largest absolute Gasteiger partial charge is 0.338 e. The first-order valence-corrected chi connectivity index (χ1v) is 7.23. The topological polar surface area (TPSA) is 32.3 Å². The summed E-state index contributed by atoms with van der Waals surface area (Å²) in [6.45, 7) is 6.41. The summed E-state index contributed by atoms with van der Waals surface area (Å²) in [4.78, 5) is 14.4. The number of carbonyl (C=O) groups excluding carboxylic acids is 1. The monoisotopic (exact) mass is 238 g/mol. The number of rotatable bonds is 6. The summed E-state index contributed by atoms with van der Waals surface area (Å²) in [5.41, 5.74) is 0. The Balaban J connectivity index is 1.84. The molecular weight excluding hydrogens is 212 g/mol. The molecule has 98 valence electrons. The normalized spacial score (nSPS) is 25.9. The van der Waals surface area contributed by atoms with Crippen LogP contribution < -0.4 is 5.32 Å². The van der Waals surface area contributed by atoms with Gasteiger partial charge in [0.25, 0.3) is 0 Å². The molecule has 0 aromatic heterocycles. The summed E-state index contributed by atoms with van der Waals surface area (Å²) in [7, 11) is 0. The summed E-state index contributed by atoms with van der Waals surface area (Å²) in [6, 6.07) is 1.12. The van der Waals surface area contributed by atoms with E-state index in [9.17, 15) is 4.79 Å². The van der Waals surface area contributed by atoms with E-state index >= 15 is 0 Å². The summed E-state index contributed by atoms with van der Waals surface area (Å²) in [6.07, 6.45) is 6.78. The van der Waals surface area contributed by atoms with Crippen molar-refractivity contribution in [3.63, 3.8) is 0 Å². The van der Waals surface area contributed by atoms with Gasteiger partial charge in [0, 0.05) is 25.0 Å². The molecule has 2 fully saturated rings. The molecule has 1 aliphatic carbocycles. The van der Waals surface area contributed by atoms with Gasteiger partial charge in [-0.05, 0) is 38.1 Å². The molecule has 0 aromatic carbocycles. The number of hydrogen-bond acceptors (Lipinski definition) is 2. The van der Waals surface area contributed by atoms with Crippen LogP contribution in [0.5, 0.6) is 0 Å². The molecule has 2 atom stereocenters. The van der Waals surface area contributed by atoms with E-state index in [0.717, 1.165) is 25.9 Å². The fraction of sp³-hybridized carbons (Fsp3) is 0.929. The van der Waals surface area contributed by atoms with Crippen molar-refractivity contribution in [1.82, 2.24) is 10.2 Å². The van der Waals surface area contributed by atoms with Crippen molar-refractivity contribution in [3.8, 4) is 0 Å². The quantitative estimate of drug-likeness (QED) is 0.769. The van der Waals surface area contributed by atoms with E-state index in [1.54, 1.807) is 0 Å². The summed E-state index contributed by atoms with van der Waals surface area (Å²) < 4.78 is 0. The average Bonchev–Trinajstić information content (AvgIpc) is 3.03. The van der Waals surface area contributed by atoms with Crippen LogP contribution in [0.1, 0.15) is 52.4 Å². The lowest BCUT2D eigenvalue weighted by Gasteiger charge is -2.27. The van der Waals surface area contributed by atoms with Gasteiger partial charge < -0.3 is 10.2 Å². The van der Waals surface area contributed by atoms with Crippen molar-refractivity contribution in [2.75, 3.05) is 13.1 Å². The summed E-state index contributed by atoms with van der Waals surface area (Å²) in [5.74, 6) is 0.913. The minimum absolute atomic E-state index is 0.385. The molecule has 0 bridgehead atoms. The average molecular weight is 238 g/mol. The van der Waals surface area contributed by atoms with Gasteiger partial charge in [-0.25, -0.2) is 0 Å². The van der Waals surface area contributed by atoms with Crippen LogP contribution in [0.4, 0.5) is 0 Å². The zero-order chi connectivity index (χ0) is 12.3. The van der Waals surface area contributed by atoms with Crippen molar-refractivity contribution in [1.29, 1.82) is 0 Å². The maximum Gasteiger partial charge on any atom is 0.223 e. The van der Waals surface area contributed by atoms with Crippen LogP contribution in [-0.4, -0.2) is 36.0 Å². The van der Waals surface area contributed by atoms with E-state index in [0.29, 0.717) is 23.9 Å². The molecule has 2 unspecified atom stereocenters. The molecule has 1 amide bonds. The maximum absolute atomic E-state index is 12.3. The first-order valence-electron chi connectivity index (χ1n) is 7.23. The molecule has 3 heteroatoms. The van der Waals surface area contributed by atoms with Crippen LogP contribution in [0.2, 0.25) is 0 Å². The second-order valence-corrected chi connectivity index (χ2v) is 5.79. The lowest BCUT2D eigenvalue weighted by atomic mass is 10.0. The molecule has 2 rings (SSSR count). The van der Waals surface area contributed by atoms with Gasteiger partial charge in [0.2, 0.25) is 5.91 Å². The fourth-order valence-corrected chi connectivity index (χ4v) is 2.55. The molecule has 1 saturated carbocycles. The third kappa shape index (κ3) is 3.70. The zero-order valence-electron chi connectivity index (χ0n) is 11.2. The van der Waals surface area contributed by atoms with Crippen molar-refractivity contribution in [2.45, 2.75) is 64.5 Å². The van der Waals surface area contributed by atoms with Gasteiger partial charge >= 0.3 is 0 Å². The first-order chi connectivity index (χ1) is 8.20. The van der Waals surface area contributed by atoms with E-state index in [1.165, 1.54) is 25.7 Å². The lowest BCUT2D eigenvalue weighted by molar-refractivity contribution is -0.133. The summed E-state index contributed by atoms with van der Waals surface area (Å²) >= 11 is 0. The third-order valence-corrected chi connectivity index (χ3v) is 4.11. The van der Waals surface area contributed by atoms with Gasteiger partial charge in [-0.3, -0.25) is 4.79 Å². The van der Waals surface area contributed by atoms with E-state index in [2.05, 4.69) is 24.1 Å². The molecule has 1 N–H and O–H groups in total. The van der Waals surface area contributed by atoms with Crippen molar-refractivity contribution in [2.24, 2.45) is 5.92 Å². The van der Waals surface area contributed by atoms with Gasteiger partial charge in [-0.2, -0.15) is 0 Å². The Kier molecular flexibility index (Phi) is 4.43. The molecule has 17 heavy (non-hydrogen) atoms. The Morgan fingerprint density at radius 3 is 2.71 bits per heavy atom. The van der Waals surface area contributed by atoms with Gasteiger partial charge in [0.1, 0.15) is 0 Å². The van der Waals surface area contributed by atoms with Gasteiger partial charge in [-0.15, -0.1) is 0 Å². The molecule has 0 radical (unpaired) electrons. The molecule has 1 heterocycles. The predicted octanol–water partition coefficient (Wildman–Crippen LogP) is 2.17. The van der Waals surface area contributed by atoms with Crippen LogP contribution >= 0.6 is 0 Å². The minimum Gasteiger partial charge on any atom is -0.338 e. The second-order valence-electron chi connectivity index (χ2n) is 5.79. The highest BCUT2D eigenvalue weighted by Crippen LogP contribution is 2.29. The van der Waals surface area contributed by atoms with E-state index in [1.807, 2.05) is 0 Å². The molecule has 2 aliphatic rings. The highest BCUT2D eigenvalue weighted by Gasteiger charge is 2.34. The Bertz CT molecular complexity index is 257. The van der Waals surface area contributed by atoms with Gasteiger partial charge in [-0.1, -0.05) is 20.3 Å². The summed E-state index contributed by atoms with van der Waals surface area (Å²) in [5, 5.41) is 3.50. The highest BCUT2D eigenvalue weighted by atomic mass is 16.2. The second kappa shape index (κ2) is 5.85. The van der Waals surface area contributed by atoms with Crippen LogP contribution in [0.3, 0.4) is 0 Å². The Hall–Kier alpha value is -0.570. The van der Waals surface area contributed by atoms with E-state index < -0.39 is 0 Å². The van der Waals surface area contributed by atoms with Crippen LogP contribution in [0, 0.1) is 5.92 Å². The number of amides is 1. The smallest absolute Gasteiger partial charge is 0.223 e. The Morgan fingerprint density at radius 1 is 1.41 bits per heavy atom. The maximum atomic E-state index is 12.3. The van der Waals surface area contributed by atoms with Gasteiger partial charge in [0.05, 0.1) is 0 Å². The fourth-order valence-electron chi connectivity index (χ4n) is 2.55. The predicted molar refractivity (Wildman–Crippen MR) is 69.8 cm³/mol. The Morgan fingerprint density at radius 2 is 2.18 bits per heavy atom. The van der Waals surface area contributed by atoms with Crippen molar-refractivity contribution in [3.05, 3.63) is 0 Å². The number of nitrogens with zero attached hydrogens (tertiary/aromatic N) is 1. The first kappa shape index (κ1) is 12.9. The van der Waals surface area contributed by atoms with Crippen LogP contribution in [0.15, 0.2) is 0 Å². The molecular formula is C14H26N2O. The lowest BCUT2D eigenvalue weighted by Crippen LogP contribution is -2.42. The van der Waals surface area contributed by atoms with E-state index in [-0.39, 0.29) is 0 Å². The molecule has 3 nitrogen and oxygen atoms in total. The number of nitrogens with one attached hydrogen (secondary N) is 1. The molecule has 0 aromatic rings. The van der Waals surface area contributed by atoms with Crippen molar-refractivity contribution < 1.29 is 4.79 Å². The van der Waals surface area contributed by atoms with Crippen LogP contribution in [-0.2, 0) is 4.79 Å².